The number of piperidine rings is 1. The van der Waals surface area contributed by atoms with Gasteiger partial charge in [-0.25, -0.2) is 0 Å². The zero-order valence-corrected chi connectivity index (χ0v) is 12.2. The van der Waals surface area contributed by atoms with E-state index in [1.54, 1.807) is 0 Å². The average molecular weight is 239 g/mol. The van der Waals surface area contributed by atoms with Gasteiger partial charge in [-0.05, 0) is 38.9 Å². The Hall–Kier alpha value is -0.0400. The molecule has 0 radical (unpaired) electrons. The van der Waals surface area contributed by atoms with Crippen molar-refractivity contribution < 1.29 is 0 Å². The van der Waals surface area contributed by atoms with Crippen molar-refractivity contribution in [2.75, 3.05) is 20.1 Å². The fourth-order valence-corrected chi connectivity index (χ4v) is 2.92. The van der Waals surface area contributed by atoms with Crippen LogP contribution in [0.25, 0.3) is 0 Å². The summed E-state index contributed by atoms with van der Waals surface area (Å²) in [6, 6.07) is 0. The lowest BCUT2D eigenvalue weighted by Gasteiger charge is -2.28. The molecule has 1 heterocycles. The zero-order chi connectivity index (χ0) is 12.3. The SMILES string of the molecule is CCCCCCCCCCC1CCN(C)CC1. The fourth-order valence-electron chi connectivity index (χ4n) is 2.92. The third-order valence-electron chi connectivity index (χ3n) is 4.30. The number of nitrogens with zero attached hydrogens (tertiary/aromatic N) is 1. The van der Waals surface area contributed by atoms with Gasteiger partial charge in [0, 0.05) is 0 Å². The van der Waals surface area contributed by atoms with Crippen LogP contribution in [0, 0.1) is 5.92 Å². The highest BCUT2D eigenvalue weighted by Crippen LogP contribution is 2.22. The number of likely N-dealkylation sites (tertiary alicyclic amines) is 1. The highest BCUT2D eigenvalue weighted by molar-refractivity contribution is 4.69. The normalized spacial score (nSPS) is 18.7. The molecule has 1 aliphatic rings. The first-order valence-electron chi connectivity index (χ1n) is 8.01. The maximum Gasteiger partial charge on any atom is -0.00191 e. The van der Waals surface area contributed by atoms with Crippen LogP contribution in [-0.2, 0) is 0 Å². The van der Waals surface area contributed by atoms with Crippen LogP contribution in [0.2, 0.25) is 0 Å². The van der Waals surface area contributed by atoms with Gasteiger partial charge in [0.2, 0.25) is 0 Å². The van der Waals surface area contributed by atoms with E-state index in [1.807, 2.05) is 0 Å². The Kier molecular flexibility index (Phi) is 8.78. The van der Waals surface area contributed by atoms with E-state index in [1.165, 1.54) is 83.7 Å². The molecule has 17 heavy (non-hydrogen) atoms. The molecule has 102 valence electrons. The van der Waals surface area contributed by atoms with E-state index < -0.39 is 0 Å². The Bertz CT molecular complexity index is 159. The van der Waals surface area contributed by atoms with E-state index in [9.17, 15) is 0 Å². The molecule has 0 aromatic heterocycles. The summed E-state index contributed by atoms with van der Waals surface area (Å²) in [5.74, 6) is 1.05. The van der Waals surface area contributed by atoms with Gasteiger partial charge in [0.15, 0.2) is 0 Å². The number of rotatable bonds is 9. The standard InChI is InChI=1S/C16H33N/c1-3-4-5-6-7-8-9-10-11-16-12-14-17(2)15-13-16/h16H,3-15H2,1-2H3. The van der Waals surface area contributed by atoms with Crippen molar-refractivity contribution in [2.45, 2.75) is 77.6 Å². The molecule has 1 heteroatoms. The summed E-state index contributed by atoms with van der Waals surface area (Å²) in [6.07, 6.45) is 16.1. The Labute approximate surface area is 109 Å². The van der Waals surface area contributed by atoms with Crippen LogP contribution in [0.15, 0.2) is 0 Å². The second-order valence-corrected chi connectivity index (χ2v) is 6.01. The third-order valence-corrected chi connectivity index (χ3v) is 4.30. The van der Waals surface area contributed by atoms with Crippen LogP contribution in [-0.4, -0.2) is 25.0 Å². The van der Waals surface area contributed by atoms with E-state index in [0.29, 0.717) is 0 Å². The van der Waals surface area contributed by atoms with Crippen LogP contribution >= 0.6 is 0 Å². The molecule has 0 aromatic rings. The predicted octanol–water partition coefficient (Wildman–Crippen LogP) is 4.86. The summed E-state index contributed by atoms with van der Waals surface area (Å²) >= 11 is 0. The van der Waals surface area contributed by atoms with Gasteiger partial charge in [-0.3, -0.25) is 0 Å². The highest BCUT2D eigenvalue weighted by Gasteiger charge is 2.15. The highest BCUT2D eigenvalue weighted by atomic mass is 15.1. The molecule has 0 bridgehead atoms. The molecule has 1 aliphatic heterocycles. The molecule has 1 fully saturated rings. The molecular weight excluding hydrogens is 206 g/mol. The predicted molar refractivity (Wildman–Crippen MR) is 77.4 cm³/mol. The van der Waals surface area contributed by atoms with E-state index in [2.05, 4.69) is 18.9 Å². The summed E-state index contributed by atoms with van der Waals surface area (Å²) in [7, 11) is 2.26. The largest absolute Gasteiger partial charge is 0.306 e. The first-order chi connectivity index (χ1) is 8.33. The van der Waals surface area contributed by atoms with Gasteiger partial charge in [-0.15, -0.1) is 0 Å². The second kappa shape index (κ2) is 9.94. The fraction of sp³-hybridized carbons (Fsp3) is 1.00. The first-order valence-corrected chi connectivity index (χ1v) is 8.01. The minimum Gasteiger partial charge on any atom is -0.306 e. The van der Waals surface area contributed by atoms with E-state index in [0.717, 1.165) is 5.92 Å². The Morgan fingerprint density at radius 3 is 1.94 bits per heavy atom. The van der Waals surface area contributed by atoms with E-state index in [-0.39, 0.29) is 0 Å². The van der Waals surface area contributed by atoms with Gasteiger partial charge in [-0.2, -0.15) is 0 Å². The number of hydrogen-bond donors (Lipinski definition) is 0. The maximum absolute atomic E-state index is 2.48. The van der Waals surface area contributed by atoms with Crippen molar-refractivity contribution in [1.82, 2.24) is 4.90 Å². The smallest absolute Gasteiger partial charge is 0.00191 e. The van der Waals surface area contributed by atoms with Gasteiger partial charge >= 0.3 is 0 Å². The lowest BCUT2D eigenvalue weighted by molar-refractivity contribution is 0.209. The molecule has 1 nitrogen and oxygen atoms in total. The van der Waals surface area contributed by atoms with Crippen molar-refractivity contribution in [3.8, 4) is 0 Å². The Morgan fingerprint density at radius 1 is 0.824 bits per heavy atom. The summed E-state index contributed by atoms with van der Waals surface area (Å²) in [5.41, 5.74) is 0. The van der Waals surface area contributed by atoms with Gasteiger partial charge < -0.3 is 4.90 Å². The molecule has 0 spiro atoms. The van der Waals surface area contributed by atoms with Gasteiger partial charge in [-0.1, -0.05) is 64.7 Å². The summed E-state index contributed by atoms with van der Waals surface area (Å²) in [4.78, 5) is 2.48. The third kappa shape index (κ3) is 7.81. The van der Waals surface area contributed by atoms with Crippen molar-refractivity contribution >= 4 is 0 Å². The summed E-state index contributed by atoms with van der Waals surface area (Å²) in [6.45, 7) is 4.96. The topological polar surface area (TPSA) is 3.24 Å². The molecule has 0 aromatic carbocycles. The first kappa shape index (κ1) is 15.0. The van der Waals surface area contributed by atoms with Crippen molar-refractivity contribution in [3.63, 3.8) is 0 Å². The van der Waals surface area contributed by atoms with Crippen molar-refractivity contribution in [1.29, 1.82) is 0 Å². The molecule has 0 amide bonds. The van der Waals surface area contributed by atoms with E-state index >= 15 is 0 Å². The molecular formula is C16H33N. The second-order valence-electron chi connectivity index (χ2n) is 6.01. The molecule has 0 atom stereocenters. The molecule has 0 N–H and O–H groups in total. The molecule has 0 aliphatic carbocycles. The van der Waals surface area contributed by atoms with Crippen molar-refractivity contribution in [2.24, 2.45) is 5.92 Å². The van der Waals surface area contributed by atoms with Gasteiger partial charge in [0.05, 0.1) is 0 Å². The Morgan fingerprint density at radius 2 is 1.35 bits per heavy atom. The summed E-state index contributed by atoms with van der Waals surface area (Å²) in [5, 5.41) is 0. The van der Waals surface area contributed by atoms with Crippen LogP contribution < -0.4 is 0 Å². The monoisotopic (exact) mass is 239 g/mol. The van der Waals surface area contributed by atoms with Crippen LogP contribution in [0.5, 0.6) is 0 Å². The van der Waals surface area contributed by atoms with Crippen LogP contribution in [0.4, 0.5) is 0 Å². The van der Waals surface area contributed by atoms with Crippen LogP contribution in [0.1, 0.15) is 77.6 Å². The minimum atomic E-state index is 1.05. The molecule has 0 unspecified atom stereocenters. The van der Waals surface area contributed by atoms with Crippen molar-refractivity contribution in [3.05, 3.63) is 0 Å². The quantitative estimate of drug-likeness (QED) is 0.519. The molecule has 1 saturated heterocycles. The van der Waals surface area contributed by atoms with Crippen LogP contribution in [0.3, 0.4) is 0 Å². The van der Waals surface area contributed by atoms with Gasteiger partial charge in [0.25, 0.3) is 0 Å². The lowest BCUT2D eigenvalue weighted by Crippen LogP contribution is -2.30. The maximum atomic E-state index is 2.48. The average Bonchev–Trinajstić information content (AvgIpc) is 2.35. The molecule has 1 rings (SSSR count). The van der Waals surface area contributed by atoms with Gasteiger partial charge in [0.1, 0.15) is 0 Å². The lowest BCUT2D eigenvalue weighted by atomic mass is 9.91. The number of unbranched alkanes of at least 4 members (excludes halogenated alkanes) is 7. The zero-order valence-electron chi connectivity index (χ0n) is 12.2. The number of hydrogen-bond acceptors (Lipinski definition) is 1. The Balaban J connectivity index is 1.81. The van der Waals surface area contributed by atoms with E-state index in [4.69, 9.17) is 0 Å². The molecule has 0 saturated carbocycles. The minimum absolute atomic E-state index is 1.05. The summed E-state index contributed by atoms with van der Waals surface area (Å²) < 4.78 is 0.